The van der Waals surface area contributed by atoms with E-state index in [1.807, 2.05) is 39.0 Å². The zero-order valence-corrected chi connectivity index (χ0v) is 14.5. The van der Waals surface area contributed by atoms with Gasteiger partial charge in [0.1, 0.15) is 6.54 Å². The summed E-state index contributed by atoms with van der Waals surface area (Å²) in [7, 11) is 0. The summed E-state index contributed by atoms with van der Waals surface area (Å²) in [5.74, 6) is 0.0240. The topological polar surface area (TPSA) is 64.0 Å². The Morgan fingerprint density at radius 3 is 2.54 bits per heavy atom. The Balaban J connectivity index is 1.85. The number of rotatable bonds is 7. The van der Waals surface area contributed by atoms with Crippen LogP contribution in [0, 0.1) is 0 Å². The van der Waals surface area contributed by atoms with Crippen LogP contribution >= 0.6 is 0 Å². The molecule has 0 aliphatic rings. The first-order valence-corrected chi connectivity index (χ1v) is 8.35. The molecule has 1 N–H and O–H groups in total. The summed E-state index contributed by atoms with van der Waals surface area (Å²) in [6.07, 6.45) is 3.22. The maximum atomic E-state index is 12.1. The summed E-state index contributed by atoms with van der Waals surface area (Å²) in [4.78, 5) is 28.4. The minimum Gasteiger partial charge on any atom is -0.352 e. The van der Waals surface area contributed by atoms with E-state index in [-0.39, 0.29) is 30.0 Å². The van der Waals surface area contributed by atoms with Gasteiger partial charge in [-0.05, 0) is 31.2 Å². The molecule has 0 fully saturated rings. The highest BCUT2D eigenvalue weighted by Crippen LogP contribution is 2.07. The van der Waals surface area contributed by atoms with E-state index < -0.39 is 0 Å². The molecule has 2 rings (SSSR count). The van der Waals surface area contributed by atoms with Crippen LogP contribution in [0.1, 0.15) is 44.4 Å². The molecule has 1 atom stereocenters. The van der Waals surface area contributed by atoms with Crippen molar-refractivity contribution in [3.63, 3.8) is 0 Å². The Bertz CT molecular complexity index is 723. The third kappa shape index (κ3) is 5.33. The molecule has 0 spiro atoms. The van der Waals surface area contributed by atoms with Crippen molar-refractivity contribution in [3.8, 4) is 0 Å². The molecule has 2 aromatic rings. The highest BCUT2D eigenvalue weighted by atomic mass is 16.2. The number of hydrogen-bond donors (Lipinski definition) is 1. The number of hydrogen-bond acceptors (Lipinski definition) is 3. The molecule has 1 aromatic carbocycles. The Hall–Kier alpha value is -2.43. The van der Waals surface area contributed by atoms with Crippen LogP contribution in [0.3, 0.4) is 0 Å². The second-order valence-electron chi connectivity index (χ2n) is 6.43. The molecule has 1 heterocycles. The second kappa shape index (κ2) is 8.43. The minimum absolute atomic E-state index is 0.000114. The summed E-state index contributed by atoms with van der Waals surface area (Å²) in [5.41, 5.74) is 1.80. The molecule has 0 saturated heterocycles. The van der Waals surface area contributed by atoms with E-state index in [1.165, 1.54) is 22.5 Å². The van der Waals surface area contributed by atoms with Crippen LogP contribution in [-0.4, -0.2) is 21.5 Å². The van der Waals surface area contributed by atoms with Crippen LogP contribution in [0.2, 0.25) is 0 Å². The average molecular weight is 327 g/mol. The van der Waals surface area contributed by atoms with Gasteiger partial charge >= 0.3 is 0 Å². The van der Waals surface area contributed by atoms with Gasteiger partial charge in [-0.15, -0.1) is 0 Å². The van der Waals surface area contributed by atoms with E-state index in [0.29, 0.717) is 0 Å². The third-order valence-corrected chi connectivity index (χ3v) is 3.92. The second-order valence-corrected chi connectivity index (χ2v) is 6.43. The number of aryl methyl sites for hydroxylation is 1. The summed E-state index contributed by atoms with van der Waals surface area (Å²) in [5, 5.41) is 2.94. The van der Waals surface area contributed by atoms with Gasteiger partial charge in [0.05, 0.1) is 12.0 Å². The van der Waals surface area contributed by atoms with Gasteiger partial charge in [0.25, 0.3) is 5.56 Å². The van der Waals surface area contributed by atoms with Crippen molar-refractivity contribution in [3.05, 3.63) is 64.3 Å². The summed E-state index contributed by atoms with van der Waals surface area (Å²) >= 11 is 0. The van der Waals surface area contributed by atoms with Crippen LogP contribution in [0.5, 0.6) is 0 Å². The lowest BCUT2D eigenvalue weighted by Crippen LogP contribution is -2.37. The molecule has 1 aromatic heterocycles. The summed E-state index contributed by atoms with van der Waals surface area (Å²) in [6, 6.07) is 11.7. The average Bonchev–Trinajstić information content (AvgIpc) is 2.55. The van der Waals surface area contributed by atoms with Crippen molar-refractivity contribution >= 4 is 5.91 Å². The van der Waals surface area contributed by atoms with Crippen molar-refractivity contribution < 1.29 is 4.79 Å². The number of nitrogens with one attached hydrogen (secondary N) is 1. The summed E-state index contributed by atoms with van der Waals surface area (Å²) < 4.78 is 1.34. The molecule has 5 heteroatoms. The zero-order valence-electron chi connectivity index (χ0n) is 14.5. The normalized spacial score (nSPS) is 12.2. The van der Waals surface area contributed by atoms with Crippen molar-refractivity contribution in [2.45, 2.75) is 52.1 Å². The van der Waals surface area contributed by atoms with Crippen molar-refractivity contribution in [2.24, 2.45) is 0 Å². The zero-order chi connectivity index (χ0) is 17.5. The first kappa shape index (κ1) is 17.9. The smallest absolute Gasteiger partial charge is 0.254 e. The molecule has 5 nitrogen and oxygen atoms in total. The number of amides is 1. The van der Waals surface area contributed by atoms with Gasteiger partial charge in [-0.1, -0.05) is 44.2 Å². The van der Waals surface area contributed by atoms with E-state index >= 15 is 0 Å². The molecular weight excluding hydrogens is 302 g/mol. The lowest BCUT2D eigenvalue weighted by molar-refractivity contribution is -0.122. The fourth-order valence-corrected chi connectivity index (χ4v) is 2.45. The predicted molar refractivity (Wildman–Crippen MR) is 95.0 cm³/mol. The number of benzene rings is 1. The number of carbonyl (C=O) groups excluding carboxylic acids is 1. The Morgan fingerprint density at radius 2 is 1.92 bits per heavy atom. The molecular formula is C19H25N3O2. The fourth-order valence-electron chi connectivity index (χ4n) is 2.45. The summed E-state index contributed by atoms with van der Waals surface area (Å²) in [6.45, 7) is 5.93. The van der Waals surface area contributed by atoms with Gasteiger partial charge in [0.2, 0.25) is 5.91 Å². The highest BCUT2D eigenvalue weighted by molar-refractivity contribution is 5.75. The lowest BCUT2D eigenvalue weighted by Gasteiger charge is -2.14. The molecule has 0 radical (unpaired) electrons. The van der Waals surface area contributed by atoms with Crippen molar-refractivity contribution in [1.29, 1.82) is 0 Å². The minimum atomic E-state index is -0.194. The van der Waals surface area contributed by atoms with E-state index in [2.05, 4.69) is 22.4 Å². The maximum absolute atomic E-state index is 12.1. The van der Waals surface area contributed by atoms with Gasteiger partial charge in [0.15, 0.2) is 0 Å². The molecule has 1 unspecified atom stereocenters. The first-order chi connectivity index (χ1) is 11.5. The SMILES string of the molecule is CC(CCc1ccccc1)NC(=O)Cn1cnc(C(C)C)cc1=O. The van der Waals surface area contributed by atoms with E-state index in [0.717, 1.165) is 18.5 Å². The molecule has 24 heavy (non-hydrogen) atoms. The molecule has 0 bridgehead atoms. The van der Waals surface area contributed by atoms with E-state index in [4.69, 9.17) is 0 Å². The molecule has 1 amide bonds. The van der Waals surface area contributed by atoms with Crippen molar-refractivity contribution in [1.82, 2.24) is 14.9 Å². The van der Waals surface area contributed by atoms with Crippen LogP contribution < -0.4 is 10.9 Å². The van der Waals surface area contributed by atoms with Gasteiger partial charge in [-0.3, -0.25) is 14.2 Å². The monoisotopic (exact) mass is 327 g/mol. The van der Waals surface area contributed by atoms with Gasteiger partial charge in [0, 0.05) is 12.1 Å². The Kier molecular flexibility index (Phi) is 6.29. The Labute approximate surface area is 142 Å². The predicted octanol–water partition coefficient (Wildman–Crippen LogP) is 2.50. The quantitative estimate of drug-likeness (QED) is 0.850. The third-order valence-electron chi connectivity index (χ3n) is 3.92. The van der Waals surface area contributed by atoms with Gasteiger partial charge in [-0.2, -0.15) is 0 Å². The Morgan fingerprint density at radius 1 is 1.21 bits per heavy atom. The largest absolute Gasteiger partial charge is 0.352 e. The maximum Gasteiger partial charge on any atom is 0.254 e. The number of aromatic nitrogens is 2. The van der Waals surface area contributed by atoms with Crippen LogP contribution in [0.4, 0.5) is 0 Å². The molecule has 0 aliphatic heterocycles. The van der Waals surface area contributed by atoms with Crippen LogP contribution in [0.15, 0.2) is 47.5 Å². The van der Waals surface area contributed by atoms with E-state index in [9.17, 15) is 9.59 Å². The molecule has 0 saturated carbocycles. The lowest BCUT2D eigenvalue weighted by atomic mass is 10.1. The van der Waals surface area contributed by atoms with Crippen LogP contribution in [-0.2, 0) is 17.8 Å². The van der Waals surface area contributed by atoms with Gasteiger partial charge in [-0.25, -0.2) is 4.98 Å². The fraction of sp³-hybridized carbons (Fsp3) is 0.421. The number of nitrogens with zero attached hydrogens (tertiary/aromatic N) is 2. The molecule has 128 valence electrons. The first-order valence-electron chi connectivity index (χ1n) is 8.35. The number of carbonyl (C=O) groups is 1. The standard InChI is InChI=1S/C19H25N3O2/c1-14(2)17-11-19(24)22(13-20-17)12-18(23)21-15(3)9-10-16-7-5-4-6-8-16/h4-8,11,13-15H,9-10,12H2,1-3H3,(H,21,23). The highest BCUT2D eigenvalue weighted by Gasteiger charge is 2.10. The van der Waals surface area contributed by atoms with E-state index in [1.54, 1.807) is 0 Å². The van der Waals surface area contributed by atoms with Gasteiger partial charge < -0.3 is 5.32 Å². The van der Waals surface area contributed by atoms with Crippen molar-refractivity contribution in [2.75, 3.05) is 0 Å². The van der Waals surface area contributed by atoms with Crippen LogP contribution in [0.25, 0.3) is 0 Å². The molecule has 0 aliphatic carbocycles.